The zero-order chi connectivity index (χ0) is 15.5. The number of nitrogens with zero attached hydrogens (tertiary/aromatic N) is 4. The maximum Gasteiger partial charge on any atom is 0.224 e. The molecular weight excluding hydrogens is 282 g/mol. The van der Waals surface area contributed by atoms with Gasteiger partial charge in [0, 0.05) is 32.5 Å². The smallest absolute Gasteiger partial charge is 0.224 e. The summed E-state index contributed by atoms with van der Waals surface area (Å²) in [6, 6.07) is -0.0190. The van der Waals surface area contributed by atoms with Gasteiger partial charge in [-0.15, -0.1) is 0 Å². The molecule has 7 heteroatoms. The molecule has 2 fully saturated rings. The van der Waals surface area contributed by atoms with Crippen LogP contribution in [0.5, 0.6) is 0 Å². The highest BCUT2D eigenvalue weighted by Crippen LogP contribution is 2.30. The van der Waals surface area contributed by atoms with E-state index >= 15 is 0 Å². The lowest BCUT2D eigenvalue weighted by Crippen LogP contribution is -2.39. The maximum atomic E-state index is 12.5. The third-order valence-corrected chi connectivity index (χ3v) is 4.50. The molecule has 1 unspecified atom stereocenters. The molecule has 1 N–H and O–H groups in total. The molecule has 2 aliphatic heterocycles. The normalized spacial score (nSPS) is 22.4. The zero-order valence-corrected chi connectivity index (χ0v) is 13.0. The molecule has 0 bridgehead atoms. The lowest BCUT2D eigenvalue weighted by molar-refractivity contribution is -0.136. The molecular formula is C15H23N5O2. The van der Waals surface area contributed by atoms with Gasteiger partial charge in [-0.3, -0.25) is 14.7 Å². The third kappa shape index (κ3) is 3.13. The fourth-order valence-electron chi connectivity index (χ4n) is 3.32. The van der Waals surface area contributed by atoms with Gasteiger partial charge in [0.25, 0.3) is 0 Å². The average molecular weight is 305 g/mol. The van der Waals surface area contributed by atoms with Crippen molar-refractivity contribution in [2.24, 2.45) is 0 Å². The molecule has 0 saturated carbocycles. The van der Waals surface area contributed by atoms with Gasteiger partial charge in [-0.2, -0.15) is 5.10 Å². The molecule has 0 aliphatic carbocycles. The number of hydrogen-bond acceptors (Lipinski definition) is 4. The number of piperidine rings is 1. The van der Waals surface area contributed by atoms with E-state index in [-0.39, 0.29) is 17.9 Å². The second-order valence-corrected chi connectivity index (χ2v) is 6.11. The topological polar surface area (TPSA) is 82.2 Å². The fourth-order valence-corrected chi connectivity index (χ4v) is 3.32. The molecule has 120 valence electrons. The Hall–Kier alpha value is -1.92. The summed E-state index contributed by atoms with van der Waals surface area (Å²) in [5.41, 5.74) is 0. The summed E-state index contributed by atoms with van der Waals surface area (Å²) in [7, 11) is 0. The molecule has 3 heterocycles. The van der Waals surface area contributed by atoms with Crippen LogP contribution >= 0.6 is 0 Å². The highest BCUT2D eigenvalue weighted by molar-refractivity contribution is 5.80. The van der Waals surface area contributed by atoms with Gasteiger partial charge in [0.05, 0.1) is 6.04 Å². The largest absolute Gasteiger partial charge is 0.342 e. The molecule has 1 aromatic rings. The highest BCUT2D eigenvalue weighted by Gasteiger charge is 2.32. The molecule has 1 aromatic heterocycles. The van der Waals surface area contributed by atoms with Gasteiger partial charge in [-0.25, -0.2) is 4.98 Å². The number of rotatable bonds is 4. The number of aromatic amines is 1. The van der Waals surface area contributed by atoms with Crippen LogP contribution in [-0.2, 0) is 9.59 Å². The van der Waals surface area contributed by atoms with E-state index in [0.717, 1.165) is 44.6 Å². The number of carbonyl (C=O) groups is 2. The van der Waals surface area contributed by atoms with Gasteiger partial charge in [0.2, 0.25) is 11.8 Å². The summed E-state index contributed by atoms with van der Waals surface area (Å²) >= 11 is 0. The quantitative estimate of drug-likeness (QED) is 0.905. The Bertz CT molecular complexity index is 556. The number of carbonyl (C=O) groups excluding carboxylic acids is 2. The zero-order valence-electron chi connectivity index (χ0n) is 13.0. The Morgan fingerprint density at radius 2 is 2.18 bits per heavy atom. The van der Waals surface area contributed by atoms with Gasteiger partial charge >= 0.3 is 0 Å². The lowest BCUT2D eigenvalue weighted by atomic mass is 10.1. The van der Waals surface area contributed by atoms with Crippen LogP contribution in [0.15, 0.2) is 0 Å². The Kier molecular flexibility index (Phi) is 4.40. The van der Waals surface area contributed by atoms with Crippen molar-refractivity contribution in [2.75, 3.05) is 19.6 Å². The van der Waals surface area contributed by atoms with Crippen LogP contribution in [0.25, 0.3) is 0 Å². The number of nitrogens with one attached hydrogen (secondary N) is 1. The first-order chi connectivity index (χ1) is 10.6. The van der Waals surface area contributed by atoms with E-state index in [9.17, 15) is 9.59 Å². The highest BCUT2D eigenvalue weighted by atomic mass is 16.2. The Morgan fingerprint density at radius 1 is 1.32 bits per heavy atom. The van der Waals surface area contributed by atoms with E-state index in [2.05, 4.69) is 15.2 Å². The molecule has 7 nitrogen and oxygen atoms in total. The van der Waals surface area contributed by atoms with Crippen LogP contribution in [0.4, 0.5) is 0 Å². The van der Waals surface area contributed by atoms with Crippen molar-refractivity contribution in [1.29, 1.82) is 0 Å². The van der Waals surface area contributed by atoms with Gasteiger partial charge in [0.1, 0.15) is 5.82 Å². The molecule has 2 amide bonds. The molecule has 3 rings (SSSR count). The van der Waals surface area contributed by atoms with Crippen molar-refractivity contribution in [3.8, 4) is 0 Å². The average Bonchev–Trinajstić information content (AvgIpc) is 3.14. The van der Waals surface area contributed by atoms with E-state index in [0.29, 0.717) is 25.2 Å². The van der Waals surface area contributed by atoms with Crippen molar-refractivity contribution in [3.05, 3.63) is 11.6 Å². The summed E-state index contributed by atoms with van der Waals surface area (Å²) in [6.07, 6.45) is 4.92. The number of hydrogen-bond donors (Lipinski definition) is 1. The summed E-state index contributed by atoms with van der Waals surface area (Å²) in [6.45, 7) is 3.94. The van der Waals surface area contributed by atoms with Crippen molar-refractivity contribution < 1.29 is 9.59 Å². The summed E-state index contributed by atoms with van der Waals surface area (Å²) in [4.78, 5) is 32.4. The first-order valence-electron chi connectivity index (χ1n) is 8.11. The predicted molar refractivity (Wildman–Crippen MR) is 79.9 cm³/mol. The summed E-state index contributed by atoms with van der Waals surface area (Å²) in [5.74, 6) is 1.76. The monoisotopic (exact) mass is 305 g/mol. The molecule has 2 aliphatic rings. The van der Waals surface area contributed by atoms with Crippen LogP contribution in [0, 0.1) is 6.92 Å². The first-order valence-corrected chi connectivity index (χ1v) is 8.11. The van der Waals surface area contributed by atoms with Crippen LogP contribution in [-0.4, -0.2) is 56.4 Å². The minimum Gasteiger partial charge on any atom is -0.342 e. The van der Waals surface area contributed by atoms with E-state index in [4.69, 9.17) is 0 Å². The number of aromatic nitrogens is 3. The second kappa shape index (κ2) is 6.46. The number of H-pyrrole nitrogens is 1. The molecule has 0 aromatic carbocycles. The number of aryl methyl sites for hydroxylation is 1. The SMILES string of the molecule is Cc1nc(C2CCCN2C(=O)CCN2CCCCC2=O)n[nH]1. The van der Waals surface area contributed by atoms with Crippen LogP contribution in [0.2, 0.25) is 0 Å². The van der Waals surface area contributed by atoms with E-state index < -0.39 is 0 Å². The van der Waals surface area contributed by atoms with Crippen molar-refractivity contribution in [2.45, 2.75) is 51.5 Å². The van der Waals surface area contributed by atoms with Gasteiger partial charge in [0.15, 0.2) is 5.82 Å². The summed E-state index contributed by atoms with van der Waals surface area (Å²) in [5, 5.41) is 7.04. The Morgan fingerprint density at radius 3 is 2.91 bits per heavy atom. The first kappa shape index (κ1) is 15.0. The Labute approximate surface area is 130 Å². The number of amides is 2. The minimum absolute atomic E-state index is 0.0190. The maximum absolute atomic E-state index is 12.5. The van der Waals surface area contributed by atoms with Crippen molar-refractivity contribution >= 4 is 11.8 Å². The lowest BCUT2D eigenvalue weighted by Gasteiger charge is -2.28. The Balaban J connectivity index is 1.58. The fraction of sp³-hybridized carbons (Fsp3) is 0.733. The van der Waals surface area contributed by atoms with Gasteiger partial charge in [-0.1, -0.05) is 0 Å². The van der Waals surface area contributed by atoms with E-state index in [1.165, 1.54) is 0 Å². The van der Waals surface area contributed by atoms with Crippen LogP contribution in [0.1, 0.15) is 56.2 Å². The molecule has 0 spiro atoms. The van der Waals surface area contributed by atoms with Gasteiger partial charge in [-0.05, 0) is 32.6 Å². The third-order valence-electron chi connectivity index (χ3n) is 4.50. The summed E-state index contributed by atoms with van der Waals surface area (Å²) < 4.78 is 0. The molecule has 22 heavy (non-hydrogen) atoms. The molecule has 1 atom stereocenters. The van der Waals surface area contributed by atoms with Crippen LogP contribution in [0.3, 0.4) is 0 Å². The molecule has 0 radical (unpaired) electrons. The second-order valence-electron chi connectivity index (χ2n) is 6.11. The number of likely N-dealkylation sites (tertiary alicyclic amines) is 2. The molecule has 2 saturated heterocycles. The van der Waals surface area contributed by atoms with Crippen molar-refractivity contribution in [3.63, 3.8) is 0 Å². The van der Waals surface area contributed by atoms with Gasteiger partial charge < -0.3 is 9.80 Å². The van der Waals surface area contributed by atoms with E-state index in [1.807, 2.05) is 16.7 Å². The van der Waals surface area contributed by atoms with E-state index in [1.54, 1.807) is 0 Å². The predicted octanol–water partition coefficient (Wildman–Crippen LogP) is 1.18. The van der Waals surface area contributed by atoms with Crippen LogP contribution < -0.4 is 0 Å². The minimum atomic E-state index is -0.0190. The van der Waals surface area contributed by atoms with Crippen molar-refractivity contribution in [1.82, 2.24) is 25.0 Å². The standard InChI is InChI=1S/C15H23N5O2/c1-11-16-15(18-17-11)12-5-4-9-20(12)14(22)7-10-19-8-3-2-6-13(19)21/h12H,2-10H2,1H3,(H,16,17,18).